The van der Waals surface area contributed by atoms with Crippen LogP contribution in [0.4, 0.5) is 0 Å². The smallest absolute Gasteiger partial charge is 0.274 e. The lowest BCUT2D eigenvalue weighted by atomic mass is 10.1. The molecule has 2 aromatic carbocycles. The fourth-order valence-electron chi connectivity index (χ4n) is 3.03. The van der Waals surface area contributed by atoms with Crippen molar-refractivity contribution in [1.82, 2.24) is 25.3 Å². The number of hydrogen-bond donors (Lipinski definition) is 1. The quantitative estimate of drug-likeness (QED) is 0.512. The summed E-state index contributed by atoms with van der Waals surface area (Å²) >= 11 is 6.14. The third kappa shape index (κ3) is 4.16. The number of methoxy groups -OCH3 is 1. The van der Waals surface area contributed by atoms with Gasteiger partial charge in [0.1, 0.15) is 11.4 Å². The summed E-state index contributed by atoms with van der Waals surface area (Å²) in [4.78, 5) is 17.1. The zero-order chi connectivity index (χ0) is 20.9. The minimum atomic E-state index is -0.343. The molecule has 4 rings (SSSR count). The Balaban J connectivity index is 1.68. The Hall–Kier alpha value is -3.71. The van der Waals surface area contributed by atoms with Crippen LogP contribution in [0.25, 0.3) is 16.9 Å². The molecule has 2 heterocycles. The maximum Gasteiger partial charge on any atom is 0.274 e. The van der Waals surface area contributed by atoms with E-state index in [0.717, 1.165) is 11.3 Å². The Morgan fingerprint density at radius 1 is 1.13 bits per heavy atom. The van der Waals surface area contributed by atoms with E-state index >= 15 is 0 Å². The zero-order valence-corrected chi connectivity index (χ0v) is 16.9. The van der Waals surface area contributed by atoms with E-state index < -0.39 is 0 Å². The number of nitrogens with zero attached hydrogens (tertiary/aromatic N) is 4. The summed E-state index contributed by atoms with van der Waals surface area (Å²) in [6, 6.07) is 18.3. The van der Waals surface area contributed by atoms with Gasteiger partial charge in [-0.25, -0.2) is 4.68 Å². The standard InChI is InChI=1S/C22H18ClN5O2/c1-30-19-9-2-5-15(11-19)13-25-22(29)20-21(16-6-4-10-24-14-16)28(27-26-20)18-8-3-7-17(23)12-18/h2-12,14H,13H2,1H3,(H,25,29). The van der Waals surface area contributed by atoms with Gasteiger partial charge in [-0.2, -0.15) is 0 Å². The first-order valence-electron chi connectivity index (χ1n) is 9.19. The average molecular weight is 420 g/mol. The molecule has 0 fully saturated rings. The van der Waals surface area contributed by atoms with E-state index in [-0.39, 0.29) is 11.6 Å². The molecule has 7 nitrogen and oxygen atoms in total. The number of nitrogens with one attached hydrogen (secondary N) is 1. The zero-order valence-electron chi connectivity index (χ0n) is 16.1. The van der Waals surface area contributed by atoms with E-state index in [1.54, 1.807) is 42.4 Å². The van der Waals surface area contributed by atoms with Gasteiger partial charge in [0.15, 0.2) is 5.69 Å². The van der Waals surface area contributed by atoms with Gasteiger partial charge in [0, 0.05) is 29.5 Å². The Morgan fingerprint density at radius 2 is 2.00 bits per heavy atom. The van der Waals surface area contributed by atoms with Crippen LogP contribution in [0, 0.1) is 0 Å². The summed E-state index contributed by atoms with van der Waals surface area (Å²) in [7, 11) is 1.60. The predicted molar refractivity (Wildman–Crippen MR) is 114 cm³/mol. The van der Waals surface area contributed by atoms with Crippen LogP contribution in [0.3, 0.4) is 0 Å². The third-order valence-corrected chi connectivity index (χ3v) is 4.70. The fraction of sp³-hybridized carbons (Fsp3) is 0.0909. The molecule has 0 aliphatic rings. The number of benzene rings is 2. The molecule has 150 valence electrons. The first-order valence-corrected chi connectivity index (χ1v) is 9.56. The molecule has 2 aromatic heterocycles. The molecule has 1 amide bonds. The second-order valence-corrected chi connectivity index (χ2v) is 6.89. The maximum atomic E-state index is 13.0. The normalized spacial score (nSPS) is 10.6. The van der Waals surface area contributed by atoms with Crippen molar-refractivity contribution < 1.29 is 9.53 Å². The maximum absolute atomic E-state index is 13.0. The topological polar surface area (TPSA) is 81.9 Å². The molecule has 0 saturated heterocycles. The largest absolute Gasteiger partial charge is 0.497 e. The van der Waals surface area contributed by atoms with Crippen molar-refractivity contribution in [3.63, 3.8) is 0 Å². The van der Waals surface area contributed by atoms with Gasteiger partial charge in [-0.05, 0) is 48.0 Å². The lowest BCUT2D eigenvalue weighted by molar-refractivity contribution is 0.0946. The Labute approximate surface area is 178 Å². The molecule has 30 heavy (non-hydrogen) atoms. The van der Waals surface area contributed by atoms with Gasteiger partial charge in [0.25, 0.3) is 5.91 Å². The Bertz CT molecular complexity index is 1180. The van der Waals surface area contributed by atoms with Crippen molar-refractivity contribution >= 4 is 17.5 Å². The lowest BCUT2D eigenvalue weighted by Crippen LogP contribution is -2.24. The highest BCUT2D eigenvalue weighted by Crippen LogP contribution is 2.26. The number of pyridine rings is 1. The second kappa shape index (κ2) is 8.75. The van der Waals surface area contributed by atoms with Gasteiger partial charge >= 0.3 is 0 Å². The Kier molecular flexibility index (Phi) is 5.72. The molecular formula is C22H18ClN5O2. The van der Waals surface area contributed by atoms with Gasteiger partial charge in [0.05, 0.1) is 12.8 Å². The van der Waals surface area contributed by atoms with Crippen molar-refractivity contribution in [2.45, 2.75) is 6.54 Å². The summed E-state index contributed by atoms with van der Waals surface area (Å²) < 4.78 is 6.82. The molecule has 8 heteroatoms. The molecule has 0 atom stereocenters. The first-order chi connectivity index (χ1) is 14.7. The molecular weight excluding hydrogens is 402 g/mol. The lowest BCUT2D eigenvalue weighted by Gasteiger charge is -2.09. The number of halogens is 1. The van der Waals surface area contributed by atoms with Crippen LogP contribution in [0.1, 0.15) is 16.1 Å². The van der Waals surface area contributed by atoms with Gasteiger partial charge < -0.3 is 10.1 Å². The summed E-state index contributed by atoms with van der Waals surface area (Å²) in [5.41, 5.74) is 3.06. The van der Waals surface area contributed by atoms with E-state index in [1.807, 2.05) is 42.5 Å². The van der Waals surface area contributed by atoms with Crippen LogP contribution in [0.15, 0.2) is 73.1 Å². The summed E-state index contributed by atoms with van der Waals surface area (Å²) in [6.45, 7) is 0.326. The van der Waals surface area contributed by atoms with Gasteiger partial charge in [-0.3, -0.25) is 9.78 Å². The SMILES string of the molecule is COc1cccc(CNC(=O)c2nnn(-c3cccc(Cl)c3)c2-c2cccnc2)c1. The number of carbonyl (C=O) groups excluding carboxylic acids is 1. The fourth-order valence-corrected chi connectivity index (χ4v) is 3.22. The summed E-state index contributed by atoms with van der Waals surface area (Å²) in [5, 5.41) is 11.8. The van der Waals surface area contributed by atoms with Gasteiger partial charge in [0.2, 0.25) is 0 Å². The van der Waals surface area contributed by atoms with Crippen molar-refractivity contribution in [1.29, 1.82) is 0 Å². The van der Waals surface area contributed by atoms with Crippen molar-refractivity contribution in [3.8, 4) is 22.7 Å². The van der Waals surface area contributed by atoms with E-state index in [9.17, 15) is 4.79 Å². The molecule has 0 radical (unpaired) electrons. The summed E-state index contributed by atoms with van der Waals surface area (Å²) in [5.74, 6) is 0.384. The van der Waals surface area contributed by atoms with Crippen molar-refractivity contribution in [3.05, 3.63) is 89.3 Å². The number of hydrogen-bond acceptors (Lipinski definition) is 5. The number of amides is 1. The van der Waals surface area contributed by atoms with E-state index in [1.165, 1.54) is 0 Å². The molecule has 0 saturated carbocycles. The van der Waals surface area contributed by atoms with E-state index in [2.05, 4.69) is 20.6 Å². The highest BCUT2D eigenvalue weighted by atomic mass is 35.5. The molecule has 0 bridgehead atoms. The van der Waals surface area contributed by atoms with E-state index in [0.29, 0.717) is 28.5 Å². The Morgan fingerprint density at radius 3 is 2.77 bits per heavy atom. The number of aromatic nitrogens is 4. The van der Waals surface area contributed by atoms with Crippen molar-refractivity contribution in [2.24, 2.45) is 0 Å². The van der Waals surface area contributed by atoms with E-state index in [4.69, 9.17) is 16.3 Å². The van der Waals surface area contributed by atoms with Crippen LogP contribution >= 0.6 is 11.6 Å². The minimum absolute atomic E-state index is 0.200. The number of carbonyl (C=O) groups is 1. The second-order valence-electron chi connectivity index (χ2n) is 6.45. The predicted octanol–water partition coefficient (Wildman–Crippen LogP) is 3.92. The van der Waals surface area contributed by atoms with Gasteiger partial charge in [-0.15, -0.1) is 5.10 Å². The van der Waals surface area contributed by atoms with Crippen LogP contribution < -0.4 is 10.1 Å². The number of ether oxygens (including phenoxy) is 1. The highest BCUT2D eigenvalue weighted by Gasteiger charge is 2.22. The molecule has 1 N–H and O–H groups in total. The monoisotopic (exact) mass is 419 g/mol. The minimum Gasteiger partial charge on any atom is -0.497 e. The van der Waals surface area contributed by atoms with Crippen LogP contribution in [-0.2, 0) is 6.54 Å². The molecule has 0 aliphatic heterocycles. The number of rotatable bonds is 6. The van der Waals surface area contributed by atoms with Crippen LogP contribution in [0.2, 0.25) is 5.02 Å². The van der Waals surface area contributed by atoms with Crippen LogP contribution in [0.5, 0.6) is 5.75 Å². The highest BCUT2D eigenvalue weighted by molar-refractivity contribution is 6.30. The van der Waals surface area contributed by atoms with Crippen LogP contribution in [-0.4, -0.2) is 33.0 Å². The van der Waals surface area contributed by atoms with Gasteiger partial charge in [-0.1, -0.05) is 35.0 Å². The molecule has 0 aliphatic carbocycles. The average Bonchev–Trinajstić information content (AvgIpc) is 3.23. The summed E-state index contributed by atoms with van der Waals surface area (Å²) in [6.07, 6.45) is 3.33. The molecule has 0 spiro atoms. The molecule has 4 aromatic rings. The first kappa shape index (κ1) is 19.6. The van der Waals surface area contributed by atoms with Crippen molar-refractivity contribution in [2.75, 3.05) is 7.11 Å². The third-order valence-electron chi connectivity index (χ3n) is 4.46. The molecule has 0 unspecified atom stereocenters.